The minimum Gasteiger partial charge on any atom is -0.490 e. The SMILES string of the molecule is C/C=C\S/C(=C\C)c1cc(OCCOC)c2cc(NC(=O)C(C)OCC)ccc2n1. The molecule has 30 heavy (non-hydrogen) atoms. The van der Waals surface area contributed by atoms with Crippen molar-refractivity contribution in [3.63, 3.8) is 0 Å². The van der Waals surface area contributed by atoms with Crippen LogP contribution in [0.3, 0.4) is 0 Å². The van der Waals surface area contributed by atoms with E-state index in [1.165, 1.54) is 0 Å². The Morgan fingerprint density at radius 3 is 2.73 bits per heavy atom. The predicted octanol–water partition coefficient (Wildman–Crippen LogP) is 5.25. The van der Waals surface area contributed by atoms with Gasteiger partial charge >= 0.3 is 0 Å². The van der Waals surface area contributed by atoms with E-state index in [4.69, 9.17) is 19.2 Å². The molecule has 2 aromatic rings. The number of thioether (sulfide) groups is 1. The average molecular weight is 431 g/mol. The van der Waals surface area contributed by atoms with Gasteiger partial charge in [0.15, 0.2) is 0 Å². The molecule has 0 aliphatic carbocycles. The molecule has 1 N–H and O–H groups in total. The van der Waals surface area contributed by atoms with Crippen molar-refractivity contribution >= 4 is 39.2 Å². The van der Waals surface area contributed by atoms with Crippen LogP contribution in [0.2, 0.25) is 0 Å². The fourth-order valence-electron chi connectivity index (χ4n) is 2.74. The Morgan fingerprint density at radius 1 is 1.27 bits per heavy atom. The Hall–Kier alpha value is -2.35. The van der Waals surface area contributed by atoms with Crippen LogP contribution in [0.5, 0.6) is 5.75 Å². The van der Waals surface area contributed by atoms with Crippen molar-refractivity contribution < 1.29 is 19.0 Å². The zero-order chi connectivity index (χ0) is 21.9. The predicted molar refractivity (Wildman–Crippen MR) is 125 cm³/mol. The normalized spacial score (nSPS) is 13.0. The highest BCUT2D eigenvalue weighted by atomic mass is 32.2. The monoisotopic (exact) mass is 430 g/mol. The largest absolute Gasteiger partial charge is 0.490 e. The number of carbonyl (C=O) groups is 1. The third-order valence-electron chi connectivity index (χ3n) is 4.21. The number of aromatic nitrogens is 1. The summed E-state index contributed by atoms with van der Waals surface area (Å²) in [6, 6.07) is 7.52. The van der Waals surface area contributed by atoms with Crippen LogP contribution in [0.25, 0.3) is 15.8 Å². The molecule has 0 aliphatic rings. The number of anilines is 1. The third kappa shape index (κ3) is 6.58. The number of nitrogens with zero attached hydrogens (tertiary/aromatic N) is 1. The van der Waals surface area contributed by atoms with E-state index in [1.54, 1.807) is 25.8 Å². The van der Waals surface area contributed by atoms with Gasteiger partial charge in [0.05, 0.1) is 17.8 Å². The third-order valence-corrected chi connectivity index (χ3v) is 5.32. The maximum atomic E-state index is 12.3. The number of fused-ring (bicyclic) bond motifs is 1. The van der Waals surface area contributed by atoms with E-state index in [2.05, 4.69) is 5.32 Å². The summed E-state index contributed by atoms with van der Waals surface area (Å²) in [5, 5.41) is 5.73. The van der Waals surface area contributed by atoms with Gasteiger partial charge in [-0.3, -0.25) is 4.79 Å². The van der Waals surface area contributed by atoms with Crippen LogP contribution in [-0.4, -0.2) is 43.9 Å². The number of amides is 1. The van der Waals surface area contributed by atoms with Gasteiger partial charge in [-0.15, -0.1) is 0 Å². The molecule has 0 fully saturated rings. The molecule has 162 valence electrons. The Balaban J connectivity index is 2.42. The topological polar surface area (TPSA) is 69.7 Å². The van der Waals surface area contributed by atoms with Crippen molar-refractivity contribution in [2.45, 2.75) is 33.8 Å². The summed E-state index contributed by atoms with van der Waals surface area (Å²) >= 11 is 1.61. The second-order valence-electron chi connectivity index (χ2n) is 6.41. The molecule has 0 aliphatic heterocycles. The molecular weight excluding hydrogens is 400 g/mol. The first-order valence-corrected chi connectivity index (χ1v) is 10.9. The molecule has 1 atom stereocenters. The van der Waals surface area contributed by atoms with Crippen LogP contribution >= 0.6 is 11.8 Å². The number of nitrogens with one attached hydrogen (secondary N) is 1. The summed E-state index contributed by atoms with van der Waals surface area (Å²) in [6.07, 6.45) is 3.50. The summed E-state index contributed by atoms with van der Waals surface area (Å²) in [5.74, 6) is 0.503. The molecule has 0 spiro atoms. The molecule has 1 amide bonds. The number of allylic oxidation sites excluding steroid dienone is 2. The van der Waals surface area contributed by atoms with Gasteiger partial charge in [-0.2, -0.15) is 0 Å². The first-order chi connectivity index (χ1) is 14.5. The van der Waals surface area contributed by atoms with Gasteiger partial charge in [0.25, 0.3) is 5.91 Å². The van der Waals surface area contributed by atoms with Crippen LogP contribution in [0, 0.1) is 0 Å². The number of hydrogen-bond acceptors (Lipinski definition) is 6. The molecule has 0 bridgehead atoms. The fraction of sp³-hybridized carbons (Fsp3) is 0.391. The standard InChI is InChI=1S/C23H30N2O4S/c1-6-13-30-22(7-2)20-15-21(29-12-11-27-5)18-14-17(9-10-19(18)25-20)24-23(26)16(4)28-8-3/h6-7,9-10,13-16H,8,11-12H2,1-5H3,(H,24,26)/b13-6-,22-7-. The first kappa shape index (κ1) is 23.9. The molecule has 2 rings (SSSR count). The molecule has 1 unspecified atom stereocenters. The highest BCUT2D eigenvalue weighted by Gasteiger charge is 2.15. The number of hydrogen-bond donors (Lipinski definition) is 1. The Bertz CT molecular complexity index is 911. The molecule has 1 heterocycles. The van der Waals surface area contributed by atoms with Crippen molar-refractivity contribution in [2.24, 2.45) is 0 Å². The smallest absolute Gasteiger partial charge is 0.253 e. The number of ether oxygens (including phenoxy) is 3. The first-order valence-electron chi connectivity index (χ1n) is 9.97. The molecule has 1 aromatic heterocycles. The van der Waals surface area contributed by atoms with Gasteiger partial charge in [-0.05, 0) is 51.3 Å². The second-order valence-corrected chi connectivity index (χ2v) is 7.35. The number of benzene rings is 1. The van der Waals surface area contributed by atoms with Crippen molar-refractivity contribution in [1.82, 2.24) is 4.98 Å². The van der Waals surface area contributed by atoms with Gasteiger partial charge in [0.2, 0.25) is 0 Å². The van der Waals surface area contributed by atoms with Crippen LogP contribution in [0.15, 0.2) is 41.8 Å². The van der Waals surface area contributed by atoms with Gasteiger partial charge in [0, 0.05) is 35.8 Å². The van der Waals surface area contributed by atoms with Crippen LogP contribution in [-0.2, 0) is 14.3 Å². The van der Waals surface area contributed by atoms with Crippen molar-refractivity contribution in [1.29, 1.82) is 0 Å². The van der Waals surface area contributed by atoms with E-state index in [9.17, 15) is 4.79 Å². The van der Waals surface area contributed by atoms with Gasteiger partial charge in [-0.1, -0.05) is 23.9 Å². The lowest BCUT2D eigenvalue weighted by Gasteiger charge is -2.15. The van der Waals surface area contributed by atoms with E-state index in [-0.39, 0.29) is 5.91 Å². The van der Waals surface area contributed by atoms with Crippen molar-refractivity contribution in [2.75, 3.05) is 32.2 Å². The summed E-state index contributed by atoms with van der Waals surface area (Å²) < 4.78 is 16.5. The highest BCUT2D eigenvalue weighted by Crippen LogP contribution is 2.34. The lowest BCUT2D eigenvalue weighted by molar-refractivity contribution is -0.126. The van der Waals surface area contributed by atoms with Crippen LogP contribution < -0.4 is 10.1 Å². The molecular formula is C23H30N2O4S. The molecule has 1 aromatic carbocycles. The van der Waals surface area contributed by atoms with E-state index in [1.807, 2.05) is 62.6 Å². The second kappa shape index (κ2) is 12.4. The van der Waals surface area contributed by atoms with E-state index in [0.717, 1.165) is 21.5 Å². The molecule has 0 saturated carbocycles. The minimum absolute atomic E-state index is 0.193. The molecule has 7 heteroatoms. The van der Waals surface area contributed by atoms with E-state index < -0.39 is 6.10 Å². The fourth-order valence-corrected chi connectivity index (χ4v) is 3.38. The van der Waals surface area contributed by atoms with Crippen molar-refractivity contribution in [3.8, 4) is 5.75 Å². The molecule has 6 nitrogen and oxygen atoms in total. The van der Waals surface area contributed by atoms with Crippen molar-refractivity contribution in [3.05, 3.63) is 47.5 Å². The Labute approximate surface area is 182 Å². The quantitative estimate of drug-likeness (QED) is 0.491. The zero-order valence-electron chi connectivity index (χ0n) is 18.2. The molecule has 0 saturated heterocycles. The van der Waals surface area contributed by atoms with Gasteiger partial charge in [-0.25, -0.2) is 4.98 Å². The summed E-state index contributed by atoms with van der Waals surface area (Å²) in [6.45, 7) is 8.94. The summed E-state index contributed by atoms with van der Waals surface area (Å²) in [5.41, 5.74) is 2.29. The highest BCUT2D eigenvalue weighted by molar-refractivity contribution is 8.10. The molecule has 0 radical (unpaired) electrons. The van der Waals surface area contributed by atoms with Gasteiger partial charge in [0.1, 0.15) is 18.5 Å². The summed E-state index contributed by atoms with van der Waals surface area (Å²) in [4.78, 5) is 18.1. The van der Waals surface area contributed by atoms with Gasteiger partial charge < -0.3 is 19.5 Å². The minimum atomic E-state index is -0.524. The van der Waals surface area contributed by atoms with Crippen LogP contribution in [0.1, 0.15) is 33.4 Å². The summed E-state index contributed by atoms with van der Waals surface area (Å²) in [7, 11) is 1.64. The Morgan fingerprint density at radius 2 is 2.07 bits per heavy atom. The zero-order valence-corrected chi connectivity index (χ0v) is 19.0. The number of methoxy groups -OCH3 is 1. The van der Waals surface area contributed by atoms with Crippen LogP contribution in [0.4, 0.5) is 5.69 Å². The average Bonchev–Trinajstić information content (AvgIpc) is 2.74. The maximum Gasteiger partial charge on any atom is 0.253 e. The van der Waals surface area contributed by atoms with E-state index >= 15 is 0 Å². The number of rotatable bonds is 11. The maximum absolute atomic E-state index is 12.3. The number of carbonyl (C=O) groups excluding carboxylic acids is 1. The number of pyridine rings is 1. The lowest BCUT2D eigenvalue weighted by Crippen LogP contribution is -2.27. The van der Waals surface area contributed by atoms with E-state index in [0.29, 0.717) is 31.3 Å². The lowest BCUT2D eigenvalue weighted by atomic mass is 10.1. The Kier molecular flexibility index (Phi) is 9.86.